The summed E-state index contributed by atoms with van der Waals surface area (Å²) in [5.74, 6) is 0.650. The molecule has 1 amide bonds. The van der Waals surface area contributed by atoms with Crippen molar-refractivity contribution in [1.82, 2.24) is 0 Å². The lowest BCUT2D eigenvalue weighted by molar-refractivity contribution is -0.119. The van der Waals surface area contributed by atoms with Crippen molar-refractivity contribution < 1.29 is 4.79 Å². The Morgan fingerprint density at radius 3 is 2.68 bits per heavy atom. The second kappa shape index (κ2) is 6.78. The fourth-order valence-corrected chi connectivity index (χ4v) is 2.20. The van der Waals surface area contributed by atoms with Gasteiger partial charge in [0.2, 0.25) is 5.91 Å². The fraction of sp³-hybridized carbons (Fsp3) is 0.400. The number of carbonyl (C=O) groups excluding carboxylic acids is 1. The molecular formula is C15H22N2OS. The minimum atomic E-state index is -0.537. The summed E-state index contributed by atoms with van der Waals surface area (Å²) in [6.07, 6.45) is 1.84. The first-order valence-corrected chi connectivity index (χ1v) is 7.24. The topological polar surface area (TPSA) is 55.1 Å². The number of nitrogens with two attached hydrogens (primary N) is 1. The van der Waals surface area contributed by atoms with Gasteiger partial charge >= 0.3 is 0 Å². The summed E-state index contributed by atoms with van der Waals surface area (Å²) in [6, 6.07) is 7.18. The molecule has 0 saturated heterocycles. The predicted molar refractivity (Wildman–Crippen MR) is 83.4 cm³/mol. The van der Waals surface area contributed by atoms with Gasteiger partial charge in [-0.1, -0.05) is 39.0 Å². The molecule has 104 valence electrons. The molecular weight excluding hydrogens is 256 g/mol. The molecule has 3 N–H and O–H groups in total. The first-order chi connectivity index (χ1) is 8.86. The number of carbonyl (C=O) groups is 1. The molecule has 3 nitrogen and oxygen atoms in total. The number of nitrogens with one attached hydrogen (secondary N) is 1. The van der Waals surface area contributed by atoms with Crippen molar-refractivity contribution in [2.45, 2.75) is 31.7 Å². The van der Waals surface area contributed by atoms with Crippen LogP contribution in [0.15, 0.2) is 41.8 Å². The molecule has 1 atom stereocenters. The lowest BCUT2D eigenvalue weighted by Gasteiger charge is -2.26. The number of thioether (sulfide) groups is 1. The normalized spacial score (nSPS) is 12.8. The Balaban J connectivity index is 2.82. The van der Waals surface area contributed by atoms with E-state index in [0.29, 0.717) is 0 Å². The molecule has 1 unspecified atom stereocenters. The third-order valence-electron chi connectivity index (χ3n) is 2.72. The van der Waals surface area contributed by atoms with Gasteiger partial charge in [0.15, 0.2) is 0 Å². The van der Waals surface area contributed by atoms with Gasteiger partial charge in [-0.05, 0) is 17.5 Å². The maximum Gasteiger partial charge on any atom is 0.241 e. The zero-order chi connectivity index (χ0) is 14.5. The molecule has 4 heteroatoms. The molecule has 0 spiro atoms. The van der Waals surface area contributed by atoms with Gasteiger partial charge in [0.1, 0.15) is 0 Å². The molecule has 19 heavy (non-hydrogen) atoms. The van der Waals surface area contributed by atoms with Gasteiger partial charge in [0, 0.05) is 10.6 Å². The zero-order valence-electron chi connectivity index (χ0n) is 11.8. The van der Waals surface area contributed by atoms with Gasteiger partial charge < -0.3 is 11.1 Å². The Bertz CT molecular complexity index is 452. The van der Waals surface area contributed by atoms with Gasteiger partial charge in [-0.25, -0.2) is 0 Å². The van der Waals surface area contributed by atoms with Crippen molar-refractivity contribution in [3.63, 3.8) is 0 Å². The van der Waals surface area contributed by atoms with E-state index in [1.807, 2.05) is 51.1 Å². The molecule has 1 aromatic carbocycles. The summed E-state index contributed by atoms with van der Waals surface area (Å²) >= 11 is 1.63. The van der Waals surface area contributed by atoms with Crippen LogP contribution in [0.3, 0.4) is 0 Å². The van der Waals surface area contributed by atoms with Gasteiger partial charge in [-0.2, -0.15) is 0 Å². The van der Waals surface area contributed by atoms with Gasteiger partial charge in [0.05, 0.1) is 11.7 Å². The van der Waals surface area contributed by atoms with Gasteiger partial charge in [0.25, 0.3) is 0 Å². The summed E-state index contributed by atoms with van der Waals surface area (Å²) in [4.78, 5) is 13.1. The summed E-state index contributed by atoms with van der Waals surface area (Å²) in [5.41, 5.74) is 6.51. The van der Waals surface area contributed by atoms with E-state index in [4.69, 9.17) is 5.73 Å². The van der Waals surface area contributed by atoms with Crippen molar-refractivity contribution in [3.05, 3.63) is 36.9 Å². The first-order valence-electron chi connectivity index (χ1n) is 6.25. The van der Waals surface area contributed by atoms with E-state index in [1.165, 1.54) is 0 Å². The number of anilines is 1. The highest BCUT2D eigenvalue weighted by molar-refractivity contribution is 7.99. The van der Waals surface area contributed by atoms with Gasteiger partial charge in [-0.3, -0.25) is 4.79 Å². The van der Waals surface area contributed by atoms with E-state index in [1.54, 1.807) is 11.8 Å². The molecule has 0 radical (unpaired) electrons. The monoisotopic (exact) mass is 278 g/mol. The minimum Gasteiger partial charge on any atom is -0.324 e. The van der Waals surface area contributed by atoms with Crippen LogP contribution in [0.2, 0.25) is 0 Å². The van der Waals surface area contributed by atoms with E-state index < -0.39 is 6.04 Å². The van der Waals surface area contributed by atoms with Crippen molar-refractivity contribution in [1.29, 1.82) is 0 Å². The average Bonchev–Trinajstić information content (AvgIpc) is 2.35. The van der Waals surface area contributed by atoms with Crippen LogP contribution in [0, 0.1) is 5.41 Å². The van der Waals surface area contributed by atoms with E-state index in [9.17, 15) is 4.79 Å². The second-order valence-electron chi connectivity index (χ2n) is 5.43. The summed E-state index contributed by atoms with van der Waals surface area (Å²) in [7, 11) is 0. The lowest BCUT2D eigenvalue weighted by atomic mass is 9.87. The quantitative estimate of drug-likeness (QED) is 0.642. The van der Waals surface area contributed by atoms with E-state index >= 15 is 0 Å². The molecule has 0 aromatic heterocycles. The number of rotatable bonds is 5. The highest BCUT2D eigenvalue weighted by atomic mass is 32.2. The molecule has 0 bridgehead atoms. The van der Waals surface area contributed by atoms with Crippen LogP contribution >= 0.6 is 11.8 Å². The number of hydrogen-bond acceptors (Lipinski definition) is 3. The Labute approximate surface area is 119 Å². The number of para-hydroxylation sites is 1. The average molecular weight is 278 g/mol. The lowest BCUT2D eigenvalue weighted by Crippen LogP contribution is -2.45. The highest BCUT2D eigenvalue weighted by Crippen LogP contribution is 2.28. The van der Waals surface area contributed by atoms with Crippen LogP contribution in [0.1, 0.15) is 20.8 Å². The fourth-order valence-electron chi connectivity index (χ4n) is 1.45. The summed E-state index contributed by atoms with van der Waals surface area (Å²) in [5, 5.41) is 2.91. The van der Waals surface area contributed by atoms with Gasteiger partial charge in [-0.15, -0.1) is 18.3 Å². The standard InChI is InChI=1S/C15H22N2OS/c1-5-10-19-12-9-7-6-8-11(12)17-14(18)13(16)15(2,3)4/h5-9,13H,1,10,16H2,2-4H3,(H,17,18). The SMILES string of the molecule is C=CCSc1ccccc1NC(=O)C(N)C(C)(C)C. The number of hydrogen-bond donors (Lipinski definition) is 2. The zero-order valence-corrected chi connectivity index (χ0v) is 12.6. The summed E-state index contributed by atoms with van der Waals surface area (Å²) < 4.78 is 0. The van der Waals surface area contributed by atoms with E-state index in [0.717, 1.165) is 16.3 Å². The predicted octanol–water partition coefficient (Wildman–Crippen LogP) is 3.28. The molecule has 0 aliphatic carbocycles. The van der Waals surface area contributed by atoms with Crippen molar-refractivity contribution in [2.75, 3.05) is 11.1 Å². The second-order valence-corrected chi connectivity index (χ2v) is 6.49. The molecule has 0 heterocycles. The Hall–Kier alpha value is -1.26. The number of benzene rings is 1. The Kier molecular flexibility index (Phi) is 5.63. The van der Waals surface area contributed by atoms with Crippen LogP contribution in [0.4, 0.5) is 5.69 Å². The molecule has 1 rings (SSSR count). The van der Waals surface area contributed by atoms with Crippen molar-refractivity contribution in [2.24, 2.45) is 11.1 Å². The van der Waals surface area contributed by atoms with Crippen LogP contribution < -0.4 is 11.1 Å². The van der Waals surface area contributed by atoms with E-state index in [-0.39, 0.29) is 11.3 Å². The smallest absolute Gasteiger partial charge is 0.241 e. The maximum absolute atomic E-state index is 12.1. The molecule has 0 aliphatic rings. The van der Waals surface area contributed by atoms with Crippen molar-refractivity contribution in [3.8, 4) is 0 Å². The largest absolute Gasteiger partial charge is 0.324 e. The van der Waals surface area contributed by atoms with Crippen LogP contribution in [0.5, 0.6) is 0 Å². The van der Waals surface area contributed by atoms with Crippen molar-refractivity contribution >= 4 is 23.4 Å². The Morgan fingerprint density at radius 1 is 1.47 bits per heavy atom. The van der Waals surface area contributed by atoms with Crippen LogP contribution in [0.25, 0.3) is 0 Å². The highest BCUT2D eigenvalue weighted by Gasteiger charge is 2.27. The molecule has 0 fully saturated rings. The molecule has 0 aliphatic heterocycles. The third-order valence-corrected chi connectivity index (χ3v) is 3.79. The number of amides is 1. The summed E-state index contributed by atoms with van der Waals surface area (Å²) in [6.45, 7) is 9.56. The third kappa shape index (κ3) is 4.73. The molecule has 0 saturated carbocycles. The van der Waals surface area contributed by atoms with Crippen LogP contribution in [-0.4, -0.2) is 17.7 Å². The van der Waals surface area contributed by atoms with Crippen LogP contribution in [-0.2, 0) is 4.79 Å². The first kappa shape index (κ1) is 15.8. The maximum atomic E-state index is 12.1. The molecule has 1 aromatic rings. The van der Waals surface area contributed by atoms with E-state index in [2.05, 4.69) is 11.9 Å². The minimum absolute atomic E-state index is 0.154. The Morgan fingerprint density at radius 2 is 2.11 bits per heavy atom.